The second-order valence-corrected chi connectivity index (χ2v) is 4.69. The van der Waals surface area contributed by atoms with Crippen LogP contribution >= 0.6 is 0 Å². The highest BCUT2D eigenvalue weighted by molar-refractivity contribution is 5.40. The van der Waals surface area contributed by atoms with Crippen molar-refractivity contribution in [2.45, 2.75) is 13.3 Å². The van der Waals surface area contributed by atoms with Crippen LogP contribution in [0.2, 0.25) is 0 Å². The van der Waals surface area contributed by atoms with E-state index in [4.69, 9.17) is 4.74 Å². The predicted octanol–water partition coefficient (Wildman–Crippen LogP) is 0.716. The van der Waals surface area contributed by atoms with Crippen LogP contribution in [0.1, 0.15) is 13.3 Å². The Morgan fingerprint density at radius 1 is 1.19 bits per heavy atom. The van der Waals surface area contributed by atoms with Crippen molar-refractivity contribution in [3.8, 4) is 5.95 Å². The number of hydrogen-bond donors (Lipinski definition) is 1. The van der Waals surface area contributed by atoms with Crippen molar-refractivity contribution in [3.05, 3.63) is 18.5 Å². The van der Waals surface area contributed by atoms with Gasteiger partial charge in [-0.2, -0.15) is 20.1 Å². The standard InChI is InChI=1S/C13H19N7O/c1-2-14-11-16-12(19-6-4-9-21-10-8-19)18-13(17-11)20-7-3-5-15-20/h3,5,7H,2,4,6,8-10H2,1H3,(H,14,16,17,18). The average molecular weight is 289 g/mol. The predicted molar refractivity (Wildman–Crippen MR) is 78.8 cm³/mol. The van der Waals surface area contributed by atoms with Gasteiger partial charge >= 0.3 is 0 Å². The van der Waals surface area contributed by atoms with Crippen molar-refractivity contribution in [3.63, 3.8) is 0 Å². The van der Waals surface area contributed by atoms with Crippen LogP contribution in [0.4, 0.5) is 11.9 Å². The van der Waals surface area contributed by atoms with Gasteiger partial charge in [-0.15, -0.1) is 0 Å². The van der Waals surface area contributed by atoms with Crippen molar-refractivity contribution in [1.29, 1.82) is 0 Å². The lowest BCUT2D eigenvalue weighted by Gasteiger charge is -2.20. The third-order valence-electron chi connectivity index (χ3n) is 3.16. The number of nitrogens with one attached hydrogen (secondary N) is 1. The van der Waals surface area contributed by atoms with Crippen molar-refractivity contribution in [1.82, 2.24) is 24.7 Å². The molecule has 1 aliphatic rings. The fourth-order valence-corrected chi connectivity index (χ4v) is 2.17. The Kier molecular flexibility index (Phi) is 4.25. The minimum absolute atomic E-state index is 0.520. The molecule has 21 heavy (non-hydrogen) atoms. The third kappa shape index (κ3) is 3.27. The molecule has 0 bridgehead atoms. The van der Waals surface area contributed by atoms with Gasteiger partial charge in [0.2, 0.25) is 11.9 Å². The molecule has 3 heterocycles. The minimum Gasteiger partial charge on any atom is -0.380 e. The van der Waals surface area contributed by atoms with Gasteiger partial charge in [-0.3, -0.25) is 0 Å². The van der Waals surface area contributed by atoms with Gasteiger partial charge in [0.15, 0.2) is 0 Å². The Hall–Kier alpha value is -2.22. The second kappa shape index (κ2) is 6.49. The smallest absolute Gasteiger partial charge is 0.257 e. The lowest BCUT2D eigenvalue weighted by Crippen LogP contribution is -2.29. The molecule has 2 aromatic rings. The lowest BCUT2D eigenvalue weighted by molar-refractivity contribution is 0.152. The molecular weight excluding hydrogens is 270 g/mol. The Labute approximate surface area is 123 Å². The van der Waals surface area contributed by atoms with Crippen LogP contribution < -0.4 is 10.2 Å². The zero-order valence-corrected chi connectivity index (χ0v) is 12.1. The Bertz CT molecular complexity index is 564. The molecule has 0 radical (unpaired) electrons. The summed E-state index contributed by atoms with van der Waals surface area (Å²) < 4.78 is 7.12. The van der Waals surface area contributed by atoms with Gasteiger partial charge in [0.25, 0.3) is 5.95 Å². The van der Waals surface area contributed by atoms with Crippen molar-refractivity contribution < 1.29 is 4.74 Å². The summed E-state index contributed by atoms with van der Waals surface area (Å²) in [6.07, 6.45) is 4.50. The molecule has 1 N–H and O–H groups in total. The quantitative estimate of drug-likeness (QED) is 0.888. The highest BCUT2D eigenvalue weighted by atomic mass is 16.5. The van der Waals surface area contributed by atoms with E-state index in [2.05, 4.69) is 30.3 Å². The summed E-state index contributed by atoms with van der Waals surface area (Å²) in [7, 11) is 0. The van der Waals surface area contributed by atoms with Gasteiger partial charge in [-0.25, -0.2) is 4.68 Å². The third-order valence-corrected chi connectivity index (χ3v) is 3.16. The van der Waals surface area contributed by atoms with Gasteiger partial charge in [0.05, 0.1) is 6.61 Å². The first-order valence-corrected chi connectivity index (χ1v) is 7.19. The molecule has 3 rings (SSSR count). The summed E-state index contributed by atoms with van der Waals surface area (Å²) in [6, 6.07) is 1.84. The van der Waals surface area contributed by atoms with Crippen LogP contribution in [0.3, 0.4) is 0 Å². The molecule has 112 valence electrons. The maximum atomic E-state index is 5.48. The SMILES string of the molecule is CCNc1nc(N2CCCOCC2)nc(-n2cccn2)n1. The number of aromatic nitrogens is 5. The van der Waals surface area contributed by atoms with E-state index < -0.39 is 0 Å². The fraction of sp³-hybridized carbons (Fsp3) is 0.538. The molecule has 8 heteroatoms. The van der Waals surface area contributed by atoms with E-state index >= 15 is 0 Å². The van der Waals surface area contributed by atoms with Gasteiger partial charge in [0, 0.05) is 38.6 Å². The second-order valence-electron chi connectivity index (χ2n) is 4.69. The molecule has 1 aliphatic heterocycles. The van der Waals surface area contributed by atoms with E-state index in [1.165, 1.54) is 0 Å². The van der Waals surface area contributed by atoms with E-state index in [-0.39, 0.29) is 0 Å². The lowest BCUT2D eigenvalue weighted by atomic mass is 10.4. The molecule has 0 saturated carbocycles. The largest absolute Gasteiger partial charge is 0.380 e. The highest BCUT2D eigenvalue weighted by Crippen LogP contribution is 2.14. The summed E-state index contributed by atoms with van der Waals surface area (Å²) in [5.41, 5.74) is 0. The molecule has 0 atom stereocenters. The van der Waals surface area contributed by atoms with E-state index in [0.717, 1.165) is 32.7 Å². The maximum absolute atomic E-state index is 5.48. The zero-order valence-electron chi connectivity index (χ0n) is 12.1. The maximum Gasteiger partial charge on any atom is 0.257 e. The van der Waals surface area contributed by atoms with E-state index in [1.807, 2.05) is 19.2 Å². The topological polar surface area (TPSA) is 81.0 Å². The minimum atomic E-state index is 0.520. The van der Waals surface area contributed by atoms with Gasteiger partial charge in [-0.05, 0) is 19.4 Å². The Balaban J connectivity index is 1.94. The Morgan fingerprint density at radius 3 is 2.90 bits per heavy atom. The molecule has 0 spiro atoms. The normalized spacial score (nSPS) is 15.8. The number of nitrogens with zero attached hydrogens (tertiary/aromatic N) is 6. The zero-order chi connectivity index (χ0) is 14.5. The van der Waals surface area contributed by atoms with Crippen molar-refractivity contribution in [2.75, 3.05) is 43.1 Å². The van der Waals surface area contributed by atoms with Gasteiger partial charge in [-0.1, -0.05) is 0 Å². The van der Waals surface area contributed by atoms with Crippen molar-refractivity contribution >= 4 is 11.9 Å². The van der Waals surface area contributed by atoms with Gasteiger partial charge < -0.3 is 15.0 Å². The molecular formula is C13H19N7O. The molecule has 8 nitrogen and oxygen atoms in total. The van der Waals surface area contributed by atoms with Crippen LogP contribution in [0.25, 0.3) is 5.95 Å². The average Bonchev–Trinajstić information content (AvgIpc) is 2.90. The van der Waals surface area contributed by atoms with Crippen LogP contribution in [0.5, 0.6) is 0 Å². The van der Waals surface area contributed by atoms with Crippen LogP contribution in [0, 0.1) is 0 Å². The first-order valence-electron chi connectivity index (χ1n) is 7.19. The monoisotopic (exact) mass is 289 g/mol. The van der Waals surface area contributed by atoms with E-state index in [1.54, 1.807) is 10.9 Å². The molecule has 0 aliphatic carbocycles. The first kappa shape index (κ1) is 13.7. The summed E-state index contributed by atoms with van der Waals surface area (Å²) >= 11 is 0. The fourth-order valence-electron chi connectivity index (χ4n) is 2.17. The number of rotatable bonds is 4. The highest BCUT2D eigenvalue weighted by Gasteiger charge is 2.16. The molecule has 0 unspecified atom stereocenters. The molecule has 0 amide bonds. The molecule has 1 fully saturated rings. The number of hydrogen-bond acceptors (Lipinski definition) is 7. The number of anilines is 2. The van der Waals surface area contributed by atoms with Crippen LogP contribution in [0.15, 0.2) is 18.5 Å². The van der Waals surface area contributed by atoms with E-state index in [9.17, 15) is 0 Å². The summed E-state index contributed by atoms with van der Waals surface area (Å²) in [5, 5.41) is 7.33. The summed E-state index contributed by atoms with van der Waals surface area (Å²) in [6.45, 7) is 5.91. The van der Waals surface area contributed by atoms with Gasteiger partial charge in [0.1, 0.15) is 0 Å². The summed E-state index contributed by atoms with van der Waals surface area (Å²) in [5.74, 6) is 1.75. The van der Waals surface area contributed by atoms with Crippen molar-refractivity contribution in [2.24, 2.45) is 0 Å². The number of ether oxygens (including phenoxy) is 1. The van der Waals surface area contributed by atoms with Crippen LogP contribution in [-0.2, 0) is 4.74 Å². The van der Waals surface area contributed by atoms with Crippen LogP contribution in [-0.4, -0.2) is 57.6 Å². The Morgan fingerprint density at radius 2 is 2.10 bits per heavy atom. The molecule has 2 aromatic heterocycles. The molecule has 0 aromatic carbocycles. The summed E-state index contributed by atoms with van der Waals surface area (Å²) in [4.78, 5) is 15.5. The van der Waals surface area contributed by atoms with E-state index in [0.29, 0.717) is 24.5 Å². The molecule has 1 saturated heterocycles. The first-order chi connectivity index (χ1) is 10.4.